The van der Waals surface area contributed by atoms with Gasteiger partial charge in [-0.05, 0) is 48.2 Å². The number of carboxylic acids is 1. The van der Waals surface area contributed by atoms with E-state index in [-0.39, 0.29) is 0 Å². The number of aromatic nitrogens is 1. The topological polar surface area (TPSA) is 42.2 Å². The van der Waals surface area contributed by atoms with E-state index in [1.807, 2.05) is 6.07 Å². The quantitative estimate of drug-likeness (QED) is 0.801. The molecule has 1 aromatic heterocycles. The molecule has 17 heavy (non-hydrogen) atoms. The highest BCUT2D eigenvalue weighted by Gasteiger charge is 2.12. The van der Waals surface area contributed by atoms with Crippen LogP contribution in [0.2, 0.25) is 0 Å². The van der Waals surface area contributed by atoms with Gasteiger partial charge in [-0.2, -0.15) is 0 Å². The van der Waals surface area contributed by atoms with Gasteiger partial charge in [-0.1, -0.05) is 0 Å². The molecule has 1 aliphatic rings. The molecule has 0 fully saturated rings. The number of carbonyl (C=O) groups is 1. The highest BCUT2D eigenvalue weighted by molar-refractivity contribution is 5.89. The summed E-state index contributed by atoms with van der Waals surface area (Å²) in [5, 5.41) is 9.84. The average Bonchev–Trinajstić information content (AvgIpc) is 2.72. The molecule has 0 radical (unpaired) electrons. The molecule has 0 atom stereocenters. The fourth-order valence-corrected chi connectivity index (χ4v) is 2.55. The zero-order chi connectivity index (χ0) is 11.8. The number of nitrogens with zero attached hydrogens (tertiary/aromatic N) is 1. The van der Waals surface area contributed by atoms with Gasteiger partial charge in [-0.25, -0.2) is 4.79 Å². The predicted octanol–water partition coefficient (Wildman–Crippen LogP) is 2.69. The van der Waals surface area contributed by atoms with E-state index in [0.717, 1.165) is 24.9 Å². The summed E-state index contributed by atoms with van der Waals surface area (Å²) in [6.45, 7) is 1.08. The largest absolute Gasteiger partial charge is 0.478 e. The van der Waals surface area contributed by atoms with E-state index in [1.165, 1.54) is 22.5 Å². The van der Waals surface area contributed by atoms with Crippen LogP contribution in [-0.2, 0) is 17.8 Å². The molecule has 0 saturated heterocycles. The van der Waals surface area contributed by atoms with E-state index in [0.29, 0.717) is 0 Å². The number of benzene rings is 1. The summed E-state index contributed by atoms with van der Waals surface area (Å²) >= 11 is 0. The molecule has 1 aliphatic heterocycles. The lowest BCUT2D eigenvalue weighted by Crippen LogP contribution is -2.06. The molecule has 3 nitrogen and oxygen atoms in total. The summed E-state index contributed by atoms with van der Waals surface area (Å²) in [4.78, 5) is 10.5. The Kier molecular flexibility index (Phi) is 2.25. The number of aryl methyl sites for hydroxylation is 2. The van der Waals surface area contributed by atoms with Gasteiger partial charge in [-0.15, -0.1) is 0 Å². The van der Waals surface area contributed by atoms with Crippen LogP contribution in [0.4, 0.5) is 0 Å². The summed E-state index contributed by atoms with van der Waals surface area (Å²) in [5.74, 6) is -0.906. The van der Waals surface area contributed by atoms with Crippen LogP contribution in [0.15, 0.2) is 30.5 Å². The van der Waals surface area contributed by atoms with Gasteiger partial charge >= 0.3 is 5.97 Å². The molecule has 3 rings (SSSR count). The van der Waals surface area contributed by atoms with Gasteiger partial charge in [0, 0.05) is 24.2 Å². The summed E-state index contributed by atoms with van der Waals surface area (Å²) in [6.07, 6.45) is 7.19. The third kappa shape index (κ3) is 1.73. The van der Waals surface area contributed by atoms with Crippen molar-refractivity contribution < 1.29 is 9.90 Å². The van der Waals surface area contributed by atoms with Gasteiger partial charge in [-0.3, -0.25) is 0 Å². The Hall–Kier alpha value is -2.03. The minimum absolute atomic E-state index is 0.906. The maximum Gasteiger partial charge on any atom is 0.328 e. The SMILES string of the molecule is O=C(O)/C=C/c1cc2c3c(ccn3CCC2)c1. The van der Waals surface area contributed by atoms with Crippen molar-refractivity contribution in [3.63, 3.8) is 0 Å². The van der Waals surface area contributed by atoms with E-state index in [1.54, 1.807) is 6.08 Å². The van der Waals surface area contributed by atoms with Gasteiger partial charge in [0.25, 0.3) is 0 Å². The van der Waals surface area contributed by atoms with Crippen LogP contribution in [0.1, 0.15) is 17.5 Å². The Balaban J connectivity index is 2.14. The summed E-state index contributed by atoms with van der Waals surface area (Å²) < 4.78 is 2.28. The molecular weight excluding hydrogens is 214 g/mol. The van der Waals surface area contributed by atoms with Crippen molar-refractivity contribution in [2.45, 2.75) is 19.4 Å². The highest BCUT2D eigenvalue weighted by Crippen LogP contribution is 2.28. The second-order valence-electron chi connectivity index (χ2n) is 4.40. The van der Waals surface area contributed by atoms with Gasteiger partial charge in [0.05, 0.1) is 5.52 Å². The minimum atomic E-state index is -0.906. The monoisotopic (exact) mass is 227 g/mol. The lowest BCUT2D eigenvalue weighted by atomic mass is 10.00. The molecule has 0 spiro atoms. The lowest BCUT2D eigenvalue weighted by molar-refractivity contribution is -0.131. The first-order valence-corrected chi connectivity index (χ1v) is 5.77. The lowest BCUT2D eigenvalue weighted by Gasteiger charge is -2.16. The molecule has 0 amide bonds. The zero-order valence-corrected chi connectivity index (χ0v) is 9.39. The number of hydrogen-bond donors (Lipinski definition) is 1. The number of carboxylic acid groups (broad SMARTS) is 1. The molecule has 0 saturated carbocycles. The van der Waals surface area contributed by atoms with Gasteiger partial charge < -0.3 is 9.67 Å². The van der Waals surface area contributed by atoms with Crippen molar-refractivity contribution in [3.8, 4) is 0 Å². The van der Waals surface area contributed by atoms with Gasteiger partial charge in [0.2, 0.25) is 0 Å². The van der Waals surface area contributed by atoms with Crippen molar-refractivity contribution in [1.82, 2.24) is 4.57 Å². The second kappa shape index (κ2) is 3.77. The van der Waals surface area contributed by atoms with Crippen molar-refractivity contribution in [3.05, 3.63) is 41.6 Å². The maximum atomic E-state index is 10.5. The molecule has 86 valence electrons. The summed E-state index contributed by atoms with van der Waals surface area (Å²) in [7, 11) is 0. The second-order valence-corrected chi connectivity index (χ2v) is 4.40. The normalized spacial score (nSPS) is 14.6. The highest BCUT2D eigenvalue weighted by atomic mass is 16.4. The fraction of sp³-hybridized carbons (Fsp3) is 0.214. The first kappa shape index (κ1) is 10.1. The molecule has 0 aliphatic carbocycles. The third-order valence-corrected chi connectivity index (χ3v) is 3.23. The summed E-state index contributed by atoms with van der Waals surface area (Å²) in [6, 6.07) is 6.24. The van der Waals surface area contributed by atoms with Crippen molar-refractivity contribution in [2.24, 2.45) is 0 Å². The predicted molar refractivity (Wildman–Crippen MR) is 66.9 cm³/mol. The maximum absolute atomic E-state index is 10.5. The van der Waals surface area contributed by atoms with E-state index < -0.39 is 5.97 Å². The molecule has 2 aromatic rings. The van der Waals surface area contributed by atoms with E-state index in [4.69, 9.17) is 5.11 Å². The van der Waals surface area contributed by atoms with Gasteiger partial charge in [0.1, 0.15) is 0 Å². The van der Waals surface area contributed by atoms with E-state index in [2.05, 4.69) is 22.9 Å². The van der Waals surface area contributed by atoms with Crippen molar-refractivity contribution in [2.75, 3.05) is 0 Å². The Bertz CT molecular complexity index is 622. The Morgan fingerprint density at radius 3 is 3.12 bits per heavy atom. The van der Waals surface area contributed by atoms with Crippen LogP contribution >= 0.6 is 0 Å². The number of aliphatic carboxylic acids is 1. The van der Waals surface area contributed by atoms with Crippen LogP contribution in [-0.4, -0.2) is 15.6 Å². The van der Waals surface area contributed by atoms with Crippen molar-refractivity contribution >= 4 is 22.9 Å². The van der Waals surface area contributed by atoms with Crippen LogP contribution in [0.3, 0.4) is 0 Å². The van der Waals surface area contributed by atoms with E-state index >= 15 is 0 Å². The molecule has 1 N–H and O–H groups in total. The first-order chi connectivity index (χ1) is 8.24. The Morgan fingerprint density at radius 1 is 1.41 bits per heavy atom. The first-order valence-electron chi connectivity index (χ1n) is 5.77. The fourth-order valence-electron chi connectivity index (χ4n) is 2.55. The van der Waals surface area contributed by atoms with Crippen LogP contribution in [0.5, 0.6) is 0 Å². The van der Waals surface area contributed by atoms with Crippen LogP contribution < -0.4 is 0 Å². The van der Waals surface area contributed by atoms with Gasteiger partial charge in [0.15, 0.2) is 0 Å². The molecule has 1 aromatic carbocycles. The Morgan fingerprint density at radius 2 is 2.29 bits per heavy atom. The van der Waals surface area contributed by atoms with Crippen molar-refractivity contribution in [1.29, 1.82) is 0 Å². The van der Waals surface area contributed by atoms with Crippen LogP contribution in [0.25, 0.3) is 17.0 Å². The number of rotatable bonds is 2. The van der Waals surface area contributed by atoms with Crippen LogP contribution in [0, 0.1) is 0 Å². The molecule has 0 bridgehead atoms. The molecule has 3 heteroatoms. The molecule has 2 heterocycles. The average molecular weight is 227 g/mol. The third-order valence-electron chi connectivity index (χ3n) is 3.23. The zero-order valence-electron chi connectivity index (χ0n) is 9.39. The smallest absolute Gasteiger partial charge is 0.328 e. The molecular formula is C14H13NO2. The molecule has 0 unspecified atom stereocenters. The van der Waals surface area contributed by atoms with E-state index in [9.17, 15) is 4.79 Å². The number of hydrogen-bond acceptors (Lipinski definition) is 1. The standard InChI is InChI=1S/C14H13NO2/c16-13(17)4-3-10-8-11-2-1-6-15-7-5-12(9-10)14(11)15/h3-5,7-9H,1-2,6H2,(H,16,17)/b4-3+. The summed E-state index contributed by atoms with van der Waals surface area (Å²) in [5.41, 5.74) is 3.60. The Labute approximate surface area is 99.0 Å². The minimum Gasteiger partial charge on any atom is -0.478 e.